The van der Waals surface area contributed by atoms with Crippen molar-refractivity contribution in [2.75, 3.05) is 13.2 Å². The summed E-state index contributed by atoms with van der Waals surface area (Å²) in [6.07, 6.45) is 0. The van der Waals surface area contributed by atoms with Crippen molar-refractivity contribution in [3.05, 3.63) is 69.2 Å². The lowest BCUT2D eigenvalue weighted by Crippen LogP contribution is -2.32. The number of hydrogen-bond acceptors (Lipinski definition) is 6. The number of furan rings is 1. The summed E-state index contributed by atoms with van der Waals surface area (Å²) in [6, 6.07) is 11.3. The molecule has 0 unspecified atom stereocenters. The van der Waals surface area contributed by atoms with Crippen molar-refractivity contribution < 1.29 is 23.5 Å². The number of nitrogens with one attached hydrogen (secondary N) is 1. The molecular formula is C23H24BrNO5. The number of rotatable bonds is 6. The average molecular weight is 474 g/mol. The lowest BCUT2D eigenvalue weighted by atomic mass is 9.83. The summed E-state index contributed by atoms with van der Waals surface area (Å²) in [5, 5.41) is 3.11. The first kappa shape index (κ1) is 21.9. The van der Waals surface area contributed by atoms with Crippen molar-refractivity contribution in [2.45, 2.75) is 33.6 Å². The molecule has 0 fully saturated rings. The fourth-order valence-corrected chi connectivity index (χ4v) is 3.94. The van der Waals surface area contributed by atoms with E-state index < -0.39 is 17.9 Å². The van der Waals surface area contributed by atoms with Crippen LogP contribution in [0.15, 0.2) is 67.8 Å². The third kappa shape index (κ3) is 4.36. The summed E-state index contributed by atoms with van der Waals surface area (Å²) in [5.74, 6) is -0.627. The van der Waals surface area contributed by atoms with Gasteiger partial charge in [-0.1, -0.05) is 28.1 Å². The van der Waals surface area contributed by atoms with Crippen LogP contribution in [-0.4, -0.2) is 25.2 Å². The van der Waals surface area contributed by atoms with Crippen LogP contribution in [0.4, 0.5) is 0 Å². The summed E-state index contributed by atoms with van der Waals surface area (Å²) in [6.45, 7) is 7.49. The van der Waals surface area contributed by atoms with Crippen molar-refractivity contribution in [2.24, 2.45) is 0 Å². The van der Waals surface area contributed by atoms with Gasteiger partial charge in [0.2, 0.25) is 0 Å². The van der Waals surface area contributed by atoms with Crippen molar-refractivity contribution in [3.63, 3.8) is 0 Å². The first-order valence-corrected chi connectivity index (χ1v) is 10.5. The van der Waals surface area contributed by atoms with E-state index in [0.717, 1.165) is 10.0 Å². The van der Waals surface area contributed by atoms with E-state index in [4.69, 9.17) is 13.9 Å². The molecular weight excluding hydrogens is 450 g/mol. The molecule has 0 amide bonds. The van der Waals surface area contributed by atoms with Crippen LogP contribution in [0.3, 0.4) is 0 Å². The van der Waals surface area contributed by atoms with Gasteiger partial charge in [0.15, 0.2) is 0 Å². The Morgan fingerprint density at radius 1 is 1.00 bits per heavy atom. The van der Waals surface area contributed by atoms with Gasteiger partial charge >= 0.3 is 11.9 Å². The quantitative estimate of drug-likeness (QED) is 0.590. The molecule has 0 saturated carbocycles. The molecule has 1 aliphatic heterocycles. The highest BCUT2D eigenvalue weighted by molar-refractivity contribution is 9.10. The van der Waals surface area contributed by atoms with Gasteiger partial charge in [-0.2, -0.15) is 0 Å². The van der Waals surface area contributed by atoms with Crippen LogP contribution in [0.1, 0.15) is 39.4 Å². The number of carbonyl (C=O) groups excluding carboxylic acids is 2. The second-order valence-corrected chi connectivity index (χ2v) is 7.70. The van der Waals surface area contributed by atoms with Crippen molar-refractivity contribution in [1.29, 1.82) is 0 Å². The van der Waals surface area contributed by atoms with Gasteiger partial charge in [0.1, 0.15) is 11.5 Å². The highest BCUT2D eigenvalue weighted by atomic mass is 79.9. The molecule has 3 rings (SSSR count). The van der Waals surface area contributed by atoms with Crippen LogP contribution in [0, 0.1) is 0 Å². The molecule has 0 radical (unpaired) electrons. The lowest BCUT2D eigenvalue weighted by Gasteiger charge is -2.28. The van der Waals surface area contributed by atoms with E-state index in [0.29, 0.717) is 34.1 Å². The van der Waals surface area contributed by atoms with E-state index in [1.807, 2.05) is 30.3 Å². The molecule has 2 aromatic rings. The van der Waals surface area contributed by atoms with Gasteiger partial charge in [-0.25, -0.2) is 9.59 Å². The van der Waals surface area contributed by atoms with Crippen LogP contribution in [0.5, 0.6) is 0 Å². The topological polar surface area (TPSA) is 77.8 Å². The number of benzene rings is 1. The van der Waals surface area contributed by atoms with Gasteiger partial charge in [-0.3, -0.25) is 0 Å². The lowest BCUT2D eigenvalue weighted by molar-refractivity contribution is -0.139. The van der Waals surface area contributed by atoms with Crippen molar-refractivity contribution in [1.82, 2.24) is 5.32 Å². The van der Waals surface area contributed by atoms with Gasteiger partial charge in [0.25, 0.3) is 0 Å². The van der Waals surface area contributed by atoms with Gasteiger partial charge < -0.3 is 19.2 Å². The number of hydrogen-bond donors (Lipinski definition) is 1. The summed E-state index contributed by atoms with van der Waals surface area (Å²) in [5.41, 5.74) is 2.77. The number of esters is 2. The smallest absolute Gasteiger partial charge is 0.336 e. The maximum atomic E-state index is 12.8. The van der Waals surface area contributed by atoms with Crippen LogP contribution in [0.25, 0.3) is 11.3 Å². The molecule has 0 aliphatic carbocycles. The maximum Gasteiger partial charge on any atom is 0.336 e. The van der Waals surface area contributed by atoms with E-state index in [1.54, 1.807) is 33.8 Å². The molecule has 1 N–H and O–H groups in total. The number of ether oxygens (including phenoxy) is 2. The minimum absolute atomic E-state index is 0.223. The molecule has 0 bridgehead atoms. The van der Waals surface area contributed by atoms with E-state index in [-0.39, 0.29) is 13.2 Å². The first-order chi connectivity index (χ1) is 14.4. The second-order valence-electron chi connectivity index (χ2n) is 6.79. The number of dihydropyridines is 1. The van der Waals surface area contributed by atoms with E-state index in [9.17, 15) is 9.59 Å². The minimum Gasteiger partial charge on any atom is -0.463 e. The molecule has 0 spiro atoms. The predicted molar refractivity (Wildman–Crippen MR) is 116 cm³/mol. The van der Waals surface area contributed by atoms with Gasteiger partial charge in [-0.05, 0) is 52.0 Å². The number of allylic oxidation sites excluding steroid dienone is 2. The van der Waals surface area contributed by atoms with E-state index >= 15 is 0 Å². The monoisotopic (exact) mass is 473 g/mol. The second kappa shape index (κ2) is 9.34. The SMILES string of the molecule is CCOC(=O)C1=C(C)NC(C)=C(C(=O)OCC)C1c1ccc(-c2cccc(Br)c2)o1. The van der Waals surface area contributed by atoms with Crippen LogP contribution in [0.2, 0.25) is 0 Å². The largest absolute Gasteiger partial charge is 0.463 e. The fraction of sp³-hybridized carbons (Fsp3) is 0.304. The summed E-state index contributed by atoms with van der Waals surface area (Å²) in [4.78, 5) is 25.6. The molecule has 7 heteroatoms. The molecule has 30 heavy (non-hydrogen) atoms. The molecule has 0 saturated heterocycles. The fourth-order valence-electron chi connectivity index (χ4n) is 3.54. The average Bonchev–Trinajstić information content (AvgIpc) is 3.17. The summed E-state index contributed by atoms with van der Waals surface area (Å²) < 4.78 is 17.6. The van der Waals surface area contributed by atoms with Gasteiger partial charge in [0.05, 0.1) is 30.3 Å². The number of halogens is 1. The Bertz CT molecular complexity index is 994. The molecule has 1 aromatic heterocycles. The van der Waals surface area contributed by atoms with Crippen molar-refractivity contribution in [3.8, 4) is 11.3 Å². The zero-order valence-electron chi connectivity index (χ0n) is 17.4. The Morgan fingerprint density at radius 3 is 2.13 bits per heavy atom. The van der Waals surface area contributed by atoms with Crippen LogP contribution >= 0.6 is 15.9 Å². The zero-order chi connectivity index (χ0) is 21.8. The Labute approximate surface area is 184 Å². The van der Waals surface area contributed by atoms with E-state index in [1.165, 1.54) is 0 Å². The highest BCUT2D eigenvalue weighted by Gasteiger charge is 2.39. The van der Waals surface area contributed by atoms with Gasteiger partial charge in [-0.15, -0.1) is 0 Å². The Morgan fingerprint density at radius 2 is 1.60 bits per heavy atom. The highest BCUT2D eigenvalue weighted by Crippen LogP contribution is 2.41. The summed E-state index contributed by atoms with van der Waals surface area (Å²) >= 11 is 3.46. The van der Waals surface area contributed by atoms with Gasteiger partial charge in [0, 0.05) is 21.4 Å². The Balaban J connectivity index is 2.12. The van der Waals surface area contributed by atoms with Crippen molar-refractivity contribution >= 4 is 27.9 Å². The molecule has 2 heterocycles. The van der Waals surface area contributed by atoms with Crippen LogP contribution in [-0.2, 0) is 19.1 Å². The molecule has 6 nitrogen and oxygen atoms in total. The Hall–Kier alpha value is -2.80. The molecule has 1 aliphatic rings. The zero-order valence-corrected chi connectivity index (χ0v) is 19.0. The molecule has 0 atom stereocenters. The normalized spacial score (nSPS) is 14.6. The van der Waals surface area contributed by atoms with Crippen LogP contribution < -0.4 is 5.32 Å². The van der Waals surface area contributed by atoms with E-state index in [2.05, 4.69) is 21.2 Å². The predicted octanol–water partition coefficient (Wildman–Crippen LogP) is 5.07. The summed E-state index contributed by atoms with van der Waals surface area (Å²) in [7, 11) is 0. The Kier molecular flexibility index (Phi) is 6.82. The minimum atomic E-state index is -0.731. The number of carbonyl (C=O) groups is 2. The first-order valence-electron chi connectivity index (χ1n) is 9.75. The molecule has 1 aromatic carbocycles. The maximum absolute atomic E-state index is 12.8. The third-order valence-corrected chi connectivity index (χ3v) is 5.26. The third-order valence-electron chi connectivity index (χ3n) is 4.77. The standard InChI is InChI=1S/C23H24BrNO5/c1-5-28-22(26)19-13(3)25-14(4)20(23(27)29-6-2)21(19)18-11-10-17(30-18)15-8-7-9-16(24)12-15/h7-12,21,25H,5-6H2,1-4H3. The molecule has 158 valence electrons.